The summed E-state index contributed by atoms with van der Waals surface area (Å²) >= 11 is 1.49. The highest BCUT2D eigenvalue weighted by Gasteiger charge is 2.30. The van der Waals surface area contributed by atoms with E-state index in [1.807, 2.05) is 18.2 Å². The van der Waals surface area contributed by atoms with Gasteiger partial charge in [0.05, 0.1) is 46.8 Å². The molecule has 0 aromatic carbocycles. The average molecular weight is 613 g/mol. The minimum atomic E-state index is -1.26. The number of thioether (sulfide) groups is 1. The molecule has 1 saturated heterocycles. The summed E-state index contributed by atoms with van der Waals surface area (Å²) in [5, 5.41) is 32.4. The molecular weight excluding hydrogens is 580 g/mol. The topological polar surface area (TPSA) is 196 Å². The molecule has 3 aromatic rings. The second-order valence-electron chi connectivity index (χ2n) is 9.82. The third kappa shape index (κ3) is 8.84. The van der Waals surface area contributed by atoms with Gasteiger partial charge in [-0.3, -0.25) is 19.5 Å². The van der Waals surface area contributed by atoms with Gasteiger partial charge in [-0.1, -0.05) is 0 Å². The molecule has 0 aliphatic carbocycles. The fourth-order valence-electron chi connectivity index (χ4n) is 4.69. The summed E-state index contributed by atoms with van der Waals surface area (Å²) < 4.78 is 6.98. The molecule has 5 heterocycles. The fourth-order valence-corrected chi connectivity index (χ4v) is 5.44. The van der Waals surface area contributed by atoms with E-state index < -0.39 is 18.0 Å². The molecule has 1 amide bonds. The number of pyridine rings is 3. The van der Waals surface area contributed by atoms with E-state index in [2.05, 4.69) is 25.5 Å². The highest BCUT2D eigenvalue weighted by atomic mass is 32.2. The van der Waals surface area contributed by atoms with Crippen molar-refractivity contribution >= 4 is 46.5 Å². The Labute approximate surface area is 250 Å². The molecule has 0 unspecified atom stereocenters. The van der Waals surface area contributed by atoms with Crippen molar-refractivity contribution in [2.75, 3.05) is 44.4 Å². The number of carboxylic acids is 2. The molecule has 228 valence electrons. The number of hydrogen-bond acceptors (Lipinski definition) is 11. The lowest BCUT2D eigenvalue weighted by atomic mass is 10.1. The van der Waals surface area contributed by atoms with Gasteiger partial charge in [0, 0.05) is 69.5 Å². The summed E-state index contributed by atoms with van der Waals surface area (Å²) in [6.45, 7) is 3.64. The number of methoxy groups -OCH3 is 1. The van der Waals surface area contributed by atoms with Crippen LogP contribution in [0, 0.1) is 5.92 Å². The van der Waals surface area contributed by atoms with Crippen LogP contribution in [0.2, 0.25) is 0 Å². The molecule has 2 aliphatic rings. The van der Waals surface area contributed by atoms with Crippen molar-refractivity contribution in [3.05, 3.63) is 64.7 Å². The number of amides is 1. The maximum atomic E-state index is 12.5. The SMILES string of the molecule is COc1cnc2ccc(=O)n(CCN3C[C@@H](CNCc4ccc5c(n4)NC(=O)CS5)[C@@H](O)C3)c2c1.O=C(O)/C=C/C(=O)O. The summed E-state index contributed by atoms with van der Waals surface area (Å²) in [6.07, 6.45) is 2.31. The van der Waals surface area contributed by atoms with Crippen LogP contribution in [0.5, 0.6) is 5.75 Å². The van der Waals surface area contributed by atoms with Crippen molar-refractivity contribution in [3.63, 3.8) is 0 Å². The van der Waals surface area contributed by atoms with Crippen LogP contribution in [-0.4, -0.2) is 97.7 Å². The van der Waals surface area contributed by atoms with Gasteiger partial charge in [0.15, 0.2) is 0 Å². The first-order valence-electron chi connectivity index (χ1n) is 13.3. The number of anilines is 1. The van der Waals surface area contributed by atoms with Crippen LogP contribution in [0.1, 0.15) is 5.69 Å². The Morgan fingerprint density at radius 3 is 2.63 bits per heavy atom. The minimum Gasteiger partial charge on any atom is -0.495 e. The first kappa shape index (κ1) is 31.6. The van der Waals surface area contributed by atoms with Gasteiger partial charge in [-0.15, -0.1) is 11.8 Å². The number of carboxylic acid groups (broad SMARTS) is 2. The molecule has 15 heteroatoms. The molecule has 1 fully saturated rings. The normalized spacial score (nSPS) is 18.1. The monoisotopic (exact) mass is 612 g/mol. The number of aromatic nitrogens is 3. The van der Waals surface area contributed by atoms with Gasteiger partial charge in [-0.25, -0.2) is 14.6 Å². The van der Waals surface area contributed by atoms with Crippen LogP contribution in [0.25, 0.3) is 11.0 Å². The van der Waals surface area contributed by atoms with Gasteiger partial charge in [0.25, 0.3) is 5.56 Å². The Morgan fingerprint density at radius 1 is 1.14 bits per heavy atom. The number of ether oxygens (including phenoxy) is 1. The molecule has 0 saturated carbocycles. The maximum Gasteiger partial charge on any atom is 0.328 e. The molecule has 0 radical (unpaired) electrons. The van der Waals surface area contributed by atoms with E-state index in [1.54, 1.807) is 23.9 Å². The molecule has 43 heavy (non-hydrogen) atoms. The quantitative estimate of drug-likeness (QED) is 0.200. The number of likely N-dealkylation sites (tertiary alicyclic amines) is 1. The molecule has 0 spiro atoms. The number of nitrogens with zero attached hydrogens (tertiary/aromatic N) is 4. The van der Waals surface area contributed by atoms with Crippen LogP contribution in [0.4, 0.5) is 5.82 Å². The number of rotatable bonds is 10. The highest BCUT2D eigenvalue weighted by molar-refractivity contribution is 8.00. The molecule has 3 aromatic heterocycles. The van der Waals surface area contributed by atoms with Crippen LogP contribution >= 0.6 is 11.8 Å². The van der Waals surface area contributed by atoms with E-state index in [0.29, 0.717) is 62.2 Å². The fraction of sp³-hybridized carbons (Fsp3) is 0.357. The van der Waals surface area contributed by atoms with E-state index in [0.717, 1.165) is 28.2 Å². The largest absolute Gasteiger partial charge is 0.495 e. The van der Waals surface area contributed by atoms with Crippen molar-refractivity contribution in [2.24, 2.45) is 5.92 Å². The summed E-state index contributed by atoms with van der Waals surface area (Å²) in [7, 11) is 1.58. The molecule has 5 rings (SSSR count). The Bertz CT molecular complexity index is 1560. The van der Waals surface area contributed by atoms with Gasteiger partial charge in [-0.2, -0.15) is 0 Å². The second kappa shape index (κ2) is 14.7. The van der Waals surface area contributed by atoms with Crippen molar-refractivity contribution < 1.29 is 34.4 Å². The molecule has 5 N–H and O–H groups in total. The van der Waals surface area contributed by atoms with Crippen LogP contribution < -0.4 is 20.9 Å². The van der Waals surface area contributed by atoms with Crippen molar-refractivity contribution in [3.8, 4) is 5.75 Å². The van der Waals surface area contributed by atoms with Crippen LogP contribution in [0.15, 0.2) is 58.4 Å². The van der Waals surface area contributed by atoms with Crippen LogP contribution in [0.3, 0.4) is 0 Å². The third-order valence-corrected chi connectivity index (χ3v) is 7.83. The van der Waals surface area contributed by atoms with E-state index in [9.17, 15) is 24.3 Å². The van der Waals surface area contributed by atoms with Crippen LogP contribution in [-0.2, 0) is 27.5 Å². The van der Waals surface area contributed by atoms with E-state index in [1.165, 1.54) is 17.8 Å². The van der Waals surface area contributed by atoms with Gasteiger partial charge in [0.2, 0.25) is 5.91 Å². The smallest absolute Gasteiger partial charge is 0.328 e. The lowest BCUT2D eigenvalue weighted by Crippen LogP contribution is -2.31. The number of aliphatic carboxylic acids is 2. The molecule has 2 atom stereocenters. The molecule has 14 nitrogen and oxygen atoms in total. The van der Waals surface area contributed by atoms with Crippen molar-refractivity contribution in [1.29, 1.82) is 0 Å². The lowest BCUT2D eigenvalue weighted by Gasteiger charge is -2.18. The highest BCUT2D eigenvalue weighted by Crippen LogP contribution is 2.29. The Balaban J connectivity index is 0.000000467. The number of β-amino-alcohol motifs (C(OH)–C–C–N with tert-alkyl or cyclic N) is 1. The average Bonchev–Trinajstić information content (AvgIpc) is 3.34. The number of fused-ring (bicyclic) bond motifs is 2. The number of carbonyl (C=O) groups excluding carboxylic acids is 1. The number of hydrogen-bond donors (Lipinski definition) is 5. The van der Waals surface area contributed by atoms with Gasteiger partial charge in [0.1, 0.15) is 11.6 Å². The first-order chi connectivity index (χ1) is 20.6. The zero-order valence-corrected chi connectivity index (χ0v) is 24.1. The molecule has 2 aliphatic heterocycles. The molecular formula is C28H32N6O8S. The van der Waals surface area contributed by atoms with Gasteiger partial charge >= 0.3 is 11.9 Å². The summed E-state index contributed by atoms with van der Waals surface area (Å²) in [5.41, 5.74) is 2.23. The van der Waals surface area contributed by atoms with Gasteiger partial charge < -0.3 is 35.3 Å². The lowest BCUT2D eigenvalue weighted by molar-refractivity contribution is -0.134. The number of aliphatic hydroxyl groups is 1. The third-order valence-electron chi connectivity index (χ3n) is 6.78. The van der Waals surface area contributed by atoms with Crippen molar-refractivity contribution in [2.45, 2.75) is 24.1 Å². The van der Waals surface area contributed by atoms with E-state index in [4.69, 9.17) is 14.9 Å². The zero-order valence-electron chi connectivity index (χ0n) is 23.3. The standard InChI is InChI=1S/C24H28N6O4S.C4H4O4/c1-34-17-8-19-18(26-11-17)3-5-23(33)30(19)7-6-29-12-15(20(31)13-29)9-25-10-16-2-4-21-24(27-16)28-22(32)14-35-21;5-3(6)1-2-4(7)8/h2-5,8,11,15,20,25,31H,6-7,9-10,12-14H2,1H3,(H,27,28,32);1-2H,(H,5,6)(H,7,8)/b;2-1+/t15-,20+;/m1./s1. The van der Waals surface area contributed by atoms with E-state index >= 15 is 0 Å². The number of carbonyl (C=O) groups is 3. The predicted molar refractivity (Wildman–Crippen MR) is 158 cm³/mol. The predicted octanol–water partition coefficient (Wildman–Crippen LogP) is 0.639. The summed E-state index contributed by atoms with van der Waals surface area (Å²) in [5.74, 6) is -0.824. The first-order valence-corrected chi connectivity index (χ1v) is 14.3. The molecule has 0 bridgehead atoms. The minimum absolute atomic E-state index is 0.0320. The number of nitrogens with one attached hydrogen (secondary N) is 2. The summed E-state index contributed by atoms with van der Waals surface area (Å²) in [4.78, 5) is 55.3. The number of aliphatic hydroxyl groups excluding tert-OH is 1. The summed E-state index contributed by atoms with van der Waals surface area (Å²) in [6, 6.07) is 9.02. The van der Waals surface area contributed by atoms with Gasteiger partial charge in [-0.05, 0) is 18.2 Å². The van der Waals surface area contributed by atoms with Crippen molar-refractivity contribution in [1.82, 2.24) is 24.8 Å². The maximum absolute atomic E-state index is 12.5. The Kier molecular flexibility index (Phi) is 10.8. The zero-order chi connectivity index (χ0) is 30.9. The Morgan fingerprint density at radius 2 is 1.91 bits per heavy atom. The second-order valence-corrected chi connectivity index (χ2v) is 10.8. The Hall–Kier alpha value is -4.31. The van der Waals surface area contributed by atoms with E-state index in [-0.39, 0.29) is 17.4 Å².